The van der Waals surface area contributed by atoms with Crippen molar-refractivity contribution in [3.8, 4) is 0 Å². The van der Waals surface area contributed by atoms with E-state index in [4.69, 9.17) is 0 Å². The first kappa shape index (κ1) is 14.5. The highest BCUT2D eigenvalue weighted by atomic mass is 32.2. The molecule has 1 aliphatic rings. The maximum absolute atomic E-state index is 12.7. The maximum atomic E-state index is 12.7. The van der Waals surface area contributed by atoms with Gasteiger partial charge in [-0.25, -0.2) is 8.42 Å². The molecular formula is C14H22N2O2S. The van der Waals surface area contributed by atoms with Gasteiger partial charge in [0.25, 0.3) is 0 Å². The van der Waals surface area contributed by atoms with Crippen LogP contribution in [-0.4, -0.2) is 50.8 Å². The Balaban J connectivity index is 2.28. The average molecular weight is 282 g/mol. The molecule has 1 aromatic carbocycles. The van der Waals surface area contributed by atoms with Gasteiger partial charge in [-0.1, -0.05) is 18.2 Å². The molecular weight excluding hydrogens is 260 g/mol. The van der Waals surface area contributed by atoms with Crippen molar-refractivity contribution in [3.05, 3.63) is 29.8 Å². The molecule has 5 heteroatoms. The van der Waals surface area contributed by atoms with Crippen LogP contribution in [-0.2, 0) is 10.0 Å². The number of hydrogen-bond donors (Lipinski definition) is 0. The molecule has 1 unspecified atom stereocenters. The SMILES string of the molecule is Cc1ccccc1S(=O)(=O)N1CCCC(N(C)C)C1. The first-order valence-corrected chi connectivity index (χ1v) is 8.09. The monoisotopic (exact) mass is 282 g/mol. The Hall–Kier alpha value is -0.910. The molecule has 106 valence electrons. The zero-order valence-electron chi connectivity index (χ0n) is 11.8. The van der Waals surface area contributed by atoms with Crippen LogP contribution in [0.25, 0.3) is 0 Å². The van der Waals surface area contributed by atoms with E-state index in [-0.39, 0.29) is 0 Å². The number of hydrogen-bond acceptors (Lipinski definition) is 3. The van der Waals surface area contributed by atoms with Crippen molar-refractivity contribution >= 4 is 10.0 Å². The summed E-state index contributed by atoms with van der Waals surface area (Å²) in [6, 6.07) is 7.51. The predicted octanol–water partition coefficient (Wildman–Crippen LogP) is 1.71. The molecule has 2 rings (SSSR count). The Morgan fingerprint density at radius 2 is 1.95 bits per heavy atom. The molecule has 1 saturated heterocycles. The molecule has 0 radical (unpaired) electrons. The highest BCUT2D eigenvalue weighted by Gasteiger charge is 2.31. The van der Waals surface area contributed by atoms with Crippen LogP contribution in [0.1, 0.15) is 18.4 Å². The van der Waals surface area contributed by atoms with E-state index in [0.717, 1.165) is 18.4 Å². The molecule has 1 aliphatic heterocycles. The molecule has 1 fully saturated rings. The summed E-state index contributed by atoms with van der Waals surface area (Å²) in [5.41, 5.74) is 0.814. The van der Waals surface area contributed by atoms with Crippen molar-refractivity contribution in [2.45, 2.75) is 30.7 Å². The van der Waals surface area contributed by atoms with Crippen LogP contribution in [0.4, 0.5) is 0 Å². The summed E-state index contributed by atoms with van der Waals surface area (Å²) in [7, 11) is 0.664. The molecule has 0 N–H and O–H groups in total. The van der Waals surface area contributed by atoms with Gasteiger partial charge >= 0.3 is 0 Å². The van der Waals surface area contributed by atoms with Gasteiger partial charge in [-0.05, 0) is 45.5 Å². The van der Waals surface area contributed by atoms with E-state index in [9.17, 15) is 8.42 Å². The summed E-state index contributed by atoms with van der Waals surface area (Å²) in [6.07, 6.45) is 1.99. The second-order valence-electron chi connectivity index (χ2n) is 5.39. The van der Waals surface area contributed by atoms with Gasteiger partial charge in [-0.2, -0.15) is 4.31 Å². The van der Waals surface area contributed by atoms with Crippen molar-refractivity contribution in [2.24, 2.45) is 0 Å². The Bertz CT molecular complexity index is 540. The van der Waals surface area contributed by atoms with Crippen LogP contribution in [0.5, 0.6) is 0 Å². The molecule has 0 saturated carbocycles. The zero-order chi connectivity index (χ0) is 14.0. The van der Waals surface area contributed by atoms with E-state index in [1.807, 2.05) is 33.2 Å². The number of benzene rings is 1. The zero-order valence-corrected chi connectivity index (χ0v) is 12.7. The van der Waals surface area contributed by atoms with E-state index in [1.54, 1.807) is 16.4 Å². The quantitative estimate of drug-likeness (QED) is 0.847. The van der Waals surface area contributed by atoms with Crippen LogP contribution in [0.3, 0.4) is 0 Å². The number of piperidine rings is 1. The van der Waals surface area contributed by atoms with Crippen molar-refractivity contribution < 1.29 is 8.42 Å². The normalized spacial score (nSPS) is 21.8. The Labute approximate surface area is 116 Å². The summed E-state index contributed by atoms with van der Waals surface area (Å²) in [5.74, 6) is 0. The number of aryl methyl sites for hydroxylation is 1. The summed E-state index contributed by atoms with van der Waals surface area (Å²) in [4.78, 5) is 2.55. The van der Waals surface area contributed by atoms with Crippen LogP contribution >= 0.6 is 0 Å². The number of rotatable bonds is 3. The maximum Gasteiger partial charge on any atom is 0.243 e. The minimum atomic E-state index is -3.35. The highest BCUT2D eigenvalue weighted by Crippen LogP contribution is 2.24. The highest BCUT2D eigenvalue weighted by molar-refractivity contribution is 7.89. The van der Waals surface area contributed by atoms with Gasteiger partial charge in [-0.3, -0.25) is 0 Å². The second-order valence-corrected chi connectivity index (χ2v) is 7.29. The van der Waals surface area contributed by atoms with Crippen molar-refractivity contribution in [1.82, 2.24) is 9.21 Å². The van der Waals surface area contributed by atoms with Crippen LogP contribution in [0, 0.1) is 6.92 Å². The van der Waals surface area contributed by atoms with Crippen LogP contribution in [0.2, 0.25) is 0 Å². The summed E-state index contributed by atoms with van der Waals surface area (Å²) >= 11 is 0. The van der Waals surface area contributed by atoms with E-state index in [0.29, 0.717) is 24.0 Å². The van der Waals surface area contributed by atoms with Gasteiger partial charge in [0.15, 0.2) is 0 Å². The summed E-state index contributed by atoms with van der Waals surface area (Å²) in [5, 5.41) is 0. The molecule has 1 aromatic rings. The molecule has 1 atom stereocenters. The summed E-state index contributed by atoms with van der Waals surface area (Å²) in [6.45, 7) is 3.06. The standard InChI is InChI=1S/C14H22N2O2S/c1-12-7-4-5-9-14(12)19(17,18)16-10-6-8-13(11-16)15(2)3/h4-5,7,9,13H,6,8,10-11H2,1-3H3. The Morgan fingerprint density at radius 3 is 2.58 bits per heavy atom. The van der Waals surface area contributed by atoms with E-state index >= 15 is 0 Å². The molecule has 0 spiro atoms. The molecule has 1 heterocycles. The lowest BCUT2D eigenvalue weighted by molar-refractivity contribution is 0.190. The van der Waals surface area contributed by atoms with Gasteiger partial charge < -0.3 is 4.90 Å². The van der Waals surface area contributed by atoms with Crippen molar-refractivity contribution in [3.63, 3.8) is 0 Å². The lowest BCUT2D eigenvalue weighted by Crippen LogP contribution is -2.47. The van der Waals surface area contributed by atoms with E-state index in [1.165, 1.54) is 0 Å². The summed E-state index contributed by atoms with van der Waals surface area (Å²) < 4.78 is 27.0. The minimum absolute atomic E-state index is 0.313. The van der Waals surface area contributed by atoms with Crippen LogP contribution in [0.15, 0.2) is 29.2 Å². The van der Waals surface area contributed by atoms with Gasteiger partial charge in [0.05, 0.1) is 4.90 Å². The van der Waals surface area contributed by atoms with E-state index < -0.39 is 10.0 Å². The fraction of sp³-hybridized carbons (Fsp3) is 0.571. The lowest BCUT2D eigenvalue weighted by atomic mass is 10.1. The molecule has 0 amide bonds. The number of sulfonamides is 1. The largest absolute Gasteiger partial charge is 0.305 e. The van der Waals surface area contributed by atoms with Gasteiger partial charge in [0.2, 0.25) is 10.0 Å². The Kier molecular flexibility index (Phi) is 4.28. The lowest BCUT2D eigenvalue weighted by Gasteiger charge is -2.35. The smallest absolute Gasteiger partial charge is 0.243 e. The van der Waals surface area contributed by atoms with Gasteiger partial charge in [0.1, 0.15) is 0 Å². The topological polar surface area (TPSA) is 40.6 Å². The number of likely N-dealkylation sites (N-methyl/N-ethyl adjacent to an activating group) is 1. The first-order chi connectivity index (χ1) is 8.93. The third-order valence-corrected chi connectivity index (χ3v) is 5.83. The number of nitrogens with zero attached hydrogens (tertiary/aromatic N) is 2. The van der Waals surface area contributed by atoms with Crippen LogP contribution < -0.4 is 0 Å². The molecule has 0 aliphatic carbocycles. The predicted molar refractivity (Wildman–Crippen MR) is 76.6 cm³/mol. The van der Waals surface area contributed by atoms with Crippen molar-refractivity contribution in [2.75, 3.05) is 27.2 Å². The Morgan fingerprint density at radius 1 is 1.26 bits per heavy atom. The molecule has 0 bridgehead atoms. The second kappa shape index (κ2) is 5.61. The minimum Gasteiger partial charge on any atom is -0.305 e. The average Bonchev–Trinajstić information content (AvgIpc) is 2.39. The van der Waals surface area contributed by atoms with Gasteiger partial charge in [-0.15, -0.1) is 0 Å². The molecule has 4 nitrogen and oxygen atoms in total. The first-order valence-electron chi connectivity index (χ1n) is 6.65. The fourth-order valence-electron chi connectivity index (χ4n) is 2.55. The van der Waals surface area contributed by atoms with Gasteiger partial charge in [0, 0.05) is 19.1 Å². The van der Waals surface area contributed by atoms with Crippen molar-refractivity contribution in [1.29, 1.82) is 0 Å². The molecule has 19 heavy (non-hydrogen) atoms. The third-order valence-electron chi connectivity index (χ3n) is 3.80. The fourth-order valence-corrected chi connectivity index (χ4v) is 4.29. The van der Waals surface area contributed by atoms with E-state index in [2.05, 4.69) is 4.90 Å². The third kappa shape index (κ3) is 2.99. The molecule has 0 aromatic heterocycles.